The van der Waals surface area contributed by atoms with Crippen LogP contribution in [0.4, 0.5) is 0 Å². The number of carbonyl (C=O) groups excluding carboxylic acids is 1. The van der Waals surface area contributed by atoms with Crippen LogP contribution in [0.15, 0.2) is 52.7 Å². The van der Waals surface area contributed by atoms with Crippen molar-refractivity contribution < 1.29 is 19.0 Å². The summed E-state index contributed by atoms with van der Waals surface area (Å²) in [6.45, 7) is 2.52. The normalized spacial score (nSPS) is 17.5. The minimum atomic E-state index is -0.132. The summed E-state index contributed by atoms with van der Waals surface area (Å²) in [6.07, 6.45) is 3.35. The summed E-state index contributed by atoms with van der Waals surface area (Å²) >= 11 is 1.47. The van der Waals surface area contributed by atoms with Crippen LogP contribution in [-0.2, 0) is 11.3 Å². The molecule has 0 N–H and O–H groups in total. The fourth-order valence-corrected chi connectivity index (χ4v) is 4.37. The molecule has 0 aromatic heterocycles. The molecule has 2 aromatic rings. The summed E-state index contributed by atoms with van der Waals surface area (Å²) in [5.41, 5.74) is 1.77. The molecular weight excluding hydrogens is 414 g/mol. The van der Waals surface area contributed by atoms with Crippen molar-refractivity contribution in [2.45, 2.75) is 31.6 Å². The van der Waals surface area contributed by atoms with Gasteiger partial charge in [-0.2, -0.15) is 5.10 Å². The van der Waals surface area contributed by atoms with Crippen LogP contribution in [0.1, 0.15) is 30.9 Å². The molecule has 1 saturated heterocycles. The van der Waals surface area contributed by atoms with Gasteiger partial charge >= 0.3 is 0 Å². The fraction of sp³-hybridized carbons (Fsp3) is 0.348. The van der Waals surface area contributed by atoms with Crippen LogP contribution >= 0.6 is 11.8 Å². The first-order valence-corrected chi connectivity index (χ1v) is 10.9. The molecule has 0 bridgehead atoms. The number of benzene rings is 2. The third-order valence-corrected chi connectivity index (χ3v) is 6.09. The van der Waals surface area contributed by atoms with E-state index >= 15 is 0 Å². The fourth-order valence-electron chi connectivity index (χ4n) is 3.16. The molecule has 1 amide bonds. The van der Waals surface area contributed by atoms with Gasteiger partial charge in [0.2, 0.25) is 5.91 Å². The molecule has 31 heavy (non-hydrogen) atoms. The first-order chi connectivity index (χ1) is 15.1. The van der Waals surface area contributed by atoms with Crippen LogP contribution in [0.3, 0.4) is 0 Å². The molecule has 3 rings (SSSR count). The number of hydrogen-bond acceptors (Lipinski definition) is 7. The molecule has 1 aliphatic heterocycles. The summed E-state index contributed by atoms with van der Waals surface area (Å²) < 4.78 is 15.8. The van der Waals surface area contributed by atoms with E-state index in [0.29, 0.717) is 23.2 Å². The van der Waals surface area contributed by atoms with Crippen molar-refractivity contribution in [3.63, 3.8) is 0 Å². The minimum absolute atomic E-state index is 0.0682. The highest BCUT2D eigenvalue weighted by molar-refractivity contribution is 8.15. The van der Waals surface area contributed by atoms with Crippen LogP contribution in [0.2, 0.25) is 0 Å². The van der Waals surface area contributed by atoms with E-state index in [2.05, 4.69) is 17.1 Å². The smallest absolute Gasteiger partial charge is 0.242 e. The summed E-state index contributed by atoms with van der Waals surface area (Å²) in [6, 6.07) is 13.1. The van der Waals surface area contributed by atoms with Gasteiger partial charge in [0.15, 0.2) is 5.17 Å². The van der Waals surface area contributed by atoms with Gasteiger partial charge in [0.25, 0.3) is 0 Å². The summed E-state index contributed by atoms with van der Waals surface area (Å²) in [4.78, 5) is 14.7. The third kappa shape index (κ3) is 5.58. The summed E-state index contributed by atoms with van der Waals surface area (Å²) in [5.74, 6) is 2.18. The second kappa shape index (κ2) is 10.9. The number of methoxy groups -OCH3 is 3. The first kappa shape index (κ1) is 22.7. The number of ether oxygens (including phenoxy) is 3. The van der Waals surface area contributed by atoms with Gasteiger partial charge in [0.1, 0.15) is 17.2 Å². The Morgan fingerprint density at radius 2 is 1.74 bits per heavy atom. The lowest BCUT2D eigenvalue weighted by atomic mass is 10.2. The van der Waals surface area contributed by atoms with E-state index in [1.807, 2.05) is 36.4 Å². The lowest BCUT2D eigenvalue weighted by Gasteiger charge is -2.16. The quantitative estimate of drug-likeness (QED) is 0.427. The first-order valence-electron chi connectivity index (χ1n) is 10.0. The Kier molecular flexibility index (Phi) is 7.94. The maximum absolute atomic E-state index is 13.0. The second-order valence-electron chi connectivity index (χ2n) is 6.90. The van der Waals surface area contributed by atoms with E-state index < -0.39 is 0 Å². The molecule has 0 aliphatic carbocycles. The Morgan fingerprint density at radius 1 is 1.03 bits per heavy atom. The van der Waals surface area contributed by atoms with Gasteiger partial charge in [-0.25, -0.2) is 0 Å². The Labute approximate surface area is 187 Å². The standard InChI is InChI=1S/C23H27N3O4S/c1-5-6-21-22(27)26(15-16-7-10-18(28-2)11-8-16)23(31-21)25-24-14-17-9-12-19(29-3)13-20(17)30-4/h7-14,21H,5-6,15H2,1-4H3/b24-14+,25-23+. The topological polar surface area (TPSA) is 72.7 Å². The van der Waals surface area contributed by atoms with Gasteiger partial charge in [0.05, 0.1) is 39.3 Å². The van der Waals surface area contributed by atoms with Gasteiger partial charge in [-0.15, -0.1) is 5.10 Å². The van der Waals surface area contributed by atoms with E-state index in [1.165, 1.54) is 11.8 Å². The van der Waals surface area contributed by atoms with Crippen molar-refractivity contribution in [3.8, 4) is 17.2 Å². The molecule has 1 fully saturated rings. The maximum Gasteiger partial charge on any atom is 0.242 e. The molecule has 0 saturated carbocycles. The van der Waals surface area contributed by atoms with Crippen molar-refractivity contribution in [2.24, 2.45) is 10.2 Å². The van der Waals surface area contributed by atoms with E-state index in [0.717, 1.165) is 29.7 Å². The molecule has 1 aliphatic rings. The minimum Gasteiger partial charge on any atom is -0.497 e. The highest BCUT2D eigenvalue weighted by Gasteiger charge is 2.37. The van der Waals surface area contributed by atoms with E-state index in [-0.39, 0.29) is 11.2 Å². The summed E-state index contributed by atoms with van der Waals surface area (Å²) in [5, 5.41) is 9.09. The molecular formula is C23H27N3O4S. The van der Waals surface area contributed by atoms with Crippen LogP contribution in [0.25, 0.3) is 0 Å². The largest absolute Gasteiger partial charge is 0.497 e. The van der Waals surface area contributed by atoms with Crippen LogP contribution in [-0.4, -0.2) is 48.8 Å². The Morgan fingerprint density at radius 3 is 2.39 bits per heavy atom. The van der Waals surface area contributed by atoms with Gasteiger partial charge < -0.3 is 14.2 Å². The monoisotopic (exact) mass is 441 g/mol. The molecule has 1 heterocycles. The number of nitrogens with zero attached hydrogens (tertiary/aromatic N) is 3. The second-order valence-corrected chi connectivity index (χ2v) is 8.07. The lowest BCUT2D eigenvalue weighted by molar-refractivity contribution is -0.126. The number of carbonyl (C=O) groups is 1. The van der Waals surface area contributed by atoms with E-state index in [1.54, 1.807) is 38.5 Å². The van der Waals surface area contributed by atoms with E-state index in [9.17, 15) is 4.79 Å². The van der Waals surface area contributed by atoms with Crippen molar-refractivity contribution in [3.05, 3.63) is 53.6 Å². The molecule has 0 spiro atoms. The number of thioether (sulfide) groups is 1. The molecule has 7 nitrogen and oxygen atoms in total. The Hall–Kier alpha value is -3.00. The number of rotatable bonds is 9. The average molecular weight is 442 g/mol. The number of hydrogen-bond donors (Lipinski definition) is 0. The number of amides is 1. The maximum atomic E-state index is 13.0. The highest BCUT2D eigenvalue weighted by Crippen LogP contribution is 2.32. The van der Waals surface area contributed by atoms with Crippen molar-refractivity contribution in [1.29, 1.82) is 0 Å². The van der Waals surface area contributed by atoms with Gasteiger partial charge in [-0.05, 0) is 36.2 Å². The SMILES string of the molecule is CCCC1S/C(=N/N=C/c2ccc(OC)cc2OC)N(Cc2ccc(OC)cc2)C1=O. The van der Waals surface area contributed by atoms with Crippen molar-refractivity contribution in [1.82, 2.24) is 4.90 Å². The lowest BCUT2D eigenvalue weighted by Crippen LogP contribution is -2.31. The molecule has 1 unspecified atom stereocenters. The highest BCUT2D eigenvalue weighted by atomic mass is 32.2. The summed E-state index contributed by atoms with van der Waals surface area (Å²) in [7, 11) is 4.83. The van der Waals surface area contributed by atoms with Crippen LogP contribution in [0.5, 0.6) is 17.2 Å². The predicted octanol–water partition coefficient (Wildman–Crippen LogP) is 4.35. The molecule has 1 atom stereocenters. The van der Waals surface area contributed by atoms with E-state index in [4.69, 9.17) is 14.2 Å². The van der Waals surface area contributed by atoms with Gasteiger partial charge in [0, 0.05) is 11.6 Å². The zero-order valence-corrected chi connectivity index (χ0v) is 19.0. The Bertz CT molecular complexity index is 960. The zero-order valence-electron chi connectivity index (χ0n) is 18.2. The average Bonchev–Trinajstić information content (AvgIpc) is 3.09. The Balaban J connectivity index is 1.82. The van der Waals surface area contributed by atoms with Gasteiger partial charge in [-0.1, -0.05) is 37.2 Å². The van der Waals surface area contributed by atoms with Gasteiger partial charge in [-0.3, -0.25) is 9.69 Å². The molecule has 2 aromatic carbocycles. The predicted molar refractivity (Wildman–Crippen MR) is 124 cm³/mol. The zero-order chi connectivity index (χ0) is 22.2. The third-order valence-electron chi connectivity index (χ3n) is 4.85. The molecule has 0 radical (unpaired) electrons. The molecule has 8 heteroatoms. The van der Waals surface area contributed by atoms with Crippen LogP contribution in [0, 0.1) is 0 Å². The molecule has 164 valence electrons. The van der Waals surface area contributed by atoms with Crippen LogP contribution < -0.4 is 14.2 Å². The number of amidine groups is 1. The van der Waals surface area contributed by atoms with Crippen molar-refractivity contribution in [2.75, 3.05) is 21.3 Å². The van der Waals surface area contributed by atoms with Crippen molar-refractivity contribution >= 4 is 29.1 Å².